The van der Waals surface area contributed by atoms with E-state index >= 15 is 0 Å². The summed E-state index contributed by atoms with van der Waals surface area (Å²) in [4.78, 5) is 27.5. The van der Waals surface area contributed by atoms with Crippen LogP contribution < -0.4 is 16.4 Å². The second kappa shape index (κ2) is 10.8. The molecule has 0 bridgehead atoms. The van der Waals surface area contributed by atoms with Crippen molar-refractivity contribution in [2.45, 2.75) is 12.8 Å². The first-order chi connectivity index (χ1) is 10.2. The van der Waals surface area contributed by atoms with Gasteiger partial charge in [0, 0.05) is 18.0 Å². The number of anilines is 1. The molecule has 0 atom stereocenters. The lowest BCUT2D eigenvalue weighted by atomic mass is 10.2. The first kappa shape index (κ1) is 21.1. The number of rotatable bonds is 6. The molecular weight excluding hydrogens is 339 g/mol. The molecule has 2 rings (SSSR count). The Labute approximate surface area is 147 Å². The third-order valence-electron chi connectivity index (χ3n) is 2.96. The van der Waals surface area contributed by atoms with E-state index in [9.17, 15) is 9.59 Å². The maximum Gasteiger partial charge on any atom is 0.243 e. The topological polar surface area (TPSA) is 97.1 Å². The first-order valence-electron chi connectivity index (χ1n) is 6.81. The summed E-state index contributed by atoms with van der Waals surface area (Å²) in [6.07, 6.45) is 2.62. The molecule has 0 spiro atoms. The number of aromatic nitrogens is 1. The molecule has 8 heteroatoms. The number of benzene rings is 1. The highest BCUT2D eigenvalue weighted by atomic mass is 35.5. The minimum Gasteiger partial charge on any atom is -0.347 e. The average Bonchev–Trinajstić information content (AvgIpc) is 2.51. The van der Waals surface area contributed by atoms with Gasteiger partial charge in [0.1, 0.15) is 0 Å². The van der Waals surface area contributed by atoms with E-state index < -0.39 is 0 Å². The van der Waals surface area contributed by atoms with Crippen LogP contribution in [0.3, 0.4) is 0 Å². The molecule has 1 aromatic carbocycles. The summed E-state index contributed by atoms with van der Waals surface area (Å²) in [5, 5.41) is 6.26. The fourth-order valence-electron chi connectivity index (χ4n) is 1.93. The zero-order chi connectivity index (χ0) is 15.1. The quantitative estimate of drug-likeness (QED) is 0.734. The van der Waals surface area contributed by atoms with Crippen molar-refractivity contribution in [3.05, 3.63) is 36.5 Å². The number of pyridine rings is 1. The molecule has 0 aliphatic rings. The molecule has 0 saturated heterocycles. The Hall–Kier alpha value is -1.89. The number of nitrogens with two attached hydrogens (primary N) is 1. The maximum absolute atomic E-state index is 11.9. The van der Waals surface area contributed by atoms with Gasteiger partial charge in [-0.25, -0.2) is 0 Å². The number of para-hydroxylation sites is 1. The summed E-state index contributed by atoms with van der Waals surface area (Å²) in [5.41, 5.74) is 6.68. The first-order valence-corrected chi connectivity index (χ1v) is 6.81. The van der Waals surface area contributed by atoms with Crippen LogP contribution in [0.5, 0.6) is 0 Å². The van der Waals surface area contributed by atoms with E-state index in [1.54, 1.807) is 12.3 Å². The van der Waals surface area contributed by atoms with Gasteiger partial charge in [0.25, 0.3) is 0 Å². The Morgan fingerprint density at radius 3 is 2.57 bits per heavy atom. The highest BCUT2D eigenvalue weighted by molar-refractivity contribution is 6.01. The van der Waals surface area contributed by atoms with Crippen molar-refractivity contribution in [1.29, 1.82) is 0 Å². The molecule has 2 aromatic rings. The van der Waals surface area contributed by atoms with Crippen molar-refractivity contribution in [1.82, 2.24) is 10.3 Å². The Bertz CT molecular complexity index is 647. The normalized spacial score (nSPS) is 9.43. The van der Waals surface area contributed by atoms with Gasteiger partial charge in [-0.15, -0.1) is 24.8 Å². The molecule has 23 heavy (non-hydrogen) atoms. The molecule has 126 valence electrons. The molecule has 0 unspecified atom stereocenters. The van der Waals surface area contributed by atoms with E-state index in [0.717, 1.165) is 10.9 Å². The molecule has 1 aromatic heterocycles. The highest BCUT2D eigenvalue weighted by Gasteiger charge is 2.08. The second-order valence-corrected chi connectivity index (χ2v) is 4.60. The number of fused-ring (bicyclic) bond motifs is 1. The number of amides is 2. The number of nitrogens with zero attached hydrogens (tertiary/aromatic N) is 1. The van der Waals surface area contributed by atoms with E-state index in [2.05, 4.69) is 15.6 Å². The molecule has 6 nitrogen and oxygen atoms in total. The lowest BCUT2D eigenvalue weighted by Gasteiger charge is -2.08. The summed E-state index contributed by atoms with van der Waals surface area (Å²) in [7, 11) is 0. The Balaban J connectivity index is 0.00000242. The van der Waals surface area contributed by atoms with Crippen LogP contribution in [0.1, 0.15) is 12.8 Å². The number of carbonyl (C=O) groups is 2. The molecule has 1 heterocycles. The van der Waals surface area contributed by atoms with E-state index in [-0.39, 0.29) is 43.2 Å². The summed E-state index contributed by atoms with van der Waals surface area (Å²) in [5.74, 6) is -0.458. The standard InChI is InChI=1S/C15H18N4O2.2ClH/c16-8-2-7-13(20)18-10-14(21)19-12-6-1-4-11-5-3-9-17-15(11)12;;/h1,3-6,9H,2,7-8,10,16H2,(H,18,20)(H,19,21);2*1H. The molecule has 0 aliphatic heterocycles. The molecule has 0 fully saturated rings. The van der Waals surface area contributed by atoms with Gasteiger partial charge in [0.2, 0.25) is 11.8 Å². The summed E-state index contributed by atoms with van der Waals surface area (Å²) in [6.45, 7) is 0.397. The van der Waals surface area contributed by atoms with Gasteiger partial charge in [-0.3, -0.25) is 14.6 Å². The van der Waals surface area contributed by atoms with E-state index in [1.165, 1.54) is 0 Å². The van der Waals surface area contributed by atoms with E-state index in [1.807, 2.05) is 24.3 Å². The Morgan fingerprint density at radius 1 is 1.09 bits per heavy atom. The zero-order valence-corrected chi connectivity index (χ0v) is 14.1. The van der Waals surface area contributed by atoms with Gasteiger partial charge in [0.15, 0.2) is 0 Å². The van der Waals surface area contributed by atoms with Crippen LogP contribution >= 0.6 is 24.8 Å². The molecular formula is C15H20Cl2N4O2. The number of hydrogen-bond acceptors (Lipinski definition) is 4. The fraction of sp³-hybridized carbons (Fsp3) is 0.267. The predicted octanol–water partition coefficient (Wildman–Crippen LogP) is 1.87. The smallest absolute Gasteiger partial charge is 0.243 e. The summed E-state index contributed by atoms with van der Waals surface area (Å²) >= 11 is 0. The Kier molecular flexibility index (Phi) is 9.89. The average molecular weight is 359 g/mol. The third kappa shape index (κ3) is 6.40. The number of hydrogen-bond donors (Lipinski definition) is 3. The molecule has 0 aliphatic carbocycles. The molecule has 0 radical (unpaired) electrons. The van der Waals surface area contributed by atoms with Gasteiger partial charge < -0.3 is 16.4 Å². The Morgan fingerprint density at radius 2 is 1.83 bits per heavy atom. The van der Waals surface area contributed by atoms with Crippen LogP contribution in [0.4, 0.5) is 5.69 Å². The van der Waals surface area contributed by atoms with E-state index in [4.69, 9.17) is 5.73 Å². The zero-order valence-electron chi connectivity index (χ0n) is 12.5. The third-order valence-corrected chi connectivity index (χ3v) is 2.96. The van der Waals surface area contributed by atoms with Crippen molar-refractivity contribution in [3.8, 4) is 0 Å². The van der Waals surface area contributed by atoms with Gasteiger partial charge >= 0.3 is 0 Å². The van der Waals surface area contributed by atoms with Crippen LogP contribution in [0.2, 0.25) is 0 Å². The van der Waals surface area contributed by atoms with Crippen LogP contribution in [0, 0.1) is 0 Å². The highest BCUT2D eigenvalue weighted by Crippen LogP contribution is 2.20. The largest absolute Gasteiger partial charge is 0.347 e. The van der Waals surface area contributed by atoms with Gasteiger partial charge in [-0.05, 0) is 25.1 Å². The number of nitrogens with one attached hydrogen (secondary N) is 2. The predicted molar refractivity (Wildman–Crippen MR) is 96.2 cm³/mol. The van der Waals surface area contributed by atoms with Crippen LogP contribution in [-0.4, -0.2) is 29.9 Å². The monoisotopic (exact) mass is 358 g/mol. The molecule has 2 amide bonds. The van der Waals surface area contributed by atoms with Gasteiger partial charge in [-0.1, -0.05) is 18.2 Å². The van der Waals surface area contributed by atoms with Crippen molar-refractivity contribution in [3.63, 3.8) is 0 Å². The fourth-order valence-corrected chi connectivity index (χ4v) is 1.93. The maximum atomic E-state index is 11.9. The van der Waals surface area contributed by atoms with Crippen molar-refractivity contribution in [2.75, 3.05) is 18.4 Å². The minimum absolute atomic E-state index is 0. The minimum atomic E-state index is -0.283. The van der Waals surface area contributed by atoms with Crippen molar-refractivity contribution >= 4 is 53.2 Å². The number of halogens is 2. The van der Waals surface area contributed by atoms with Crippen LogP contribution in [-0.2, 0) is 9.59 Å². The molecule has 4 N–H and O–H groups in total. The summed E-state index contributed by atoms with van der Waals surface area (Å²) < 4.78 is 0. The van der Waals surface area contributed by atoms with Crippen LogP contribution in [0.15, 0.2) is 36.5 Å². The number of carbonyl (C=O) groups excluding carboxylic acids is 2. The van der Waals surface area contributed by atoms with Gasteiger partial charge in [0.05, 0.1) is 17.7 Å². The second-order valence-electron chi connectivity index (χ2n) is 4.60. The van der Waals surface area contributed by atoms with E-state index in [0.29, 0.717) is 25.1 Å². The van der Waals surface area contributed by atoms with Gasteiger partial charge in [-0.2, -0.15) is 0 Å². The molecule has 0 saturated carbocycles. The lowest BCUT2D eigenvalue weighted by Crippen LogP contribution is -2.33. The lowest BCUT2D eigenvalue weighted by molar-refractivity contribution is -0.124. The SMILES string of the molecule is Cl.Cl.NCCCC(=O)NCC(=O)Nc1cccc2cccnc12. The van der Waals surface area contributed by atoms with Crippen molar-refractivity contribution < 1.29 is 9.59 Å². The van der Waals surface area contributed by atoms with Crippen LogP contribution in [0.25, 0.3) is 10.9 Å². The summed E-state index contributed by atoms with van der Waals surface area (Å²) in [6, 6.07) is 9.31. The van der Waals surface area contributed by atoms with Crippen molar-refractivity contribution in [2.24, 2.45) is 5.73 Å².